The van der Waals surface area contributed by atoms with Crippen LogP contribution in [-0.2, 0) is 0 Å². The number of benzene rings is 1. The molecule has 1 atom stereocenters. The number of rotatable bonds is 4. The second-order valence-corrected chi connectivity index (χ2v) is 6.86. The van der Waals surface area contributed by atoms with Gasteiger partial charge in [0.05, 0.1) is 17.1 Å². The number of nitrogens with one attached hydrogen (secondary N) is 2. The van der Waals surface area contributed by atoms with E-state index in [9.17, 15) is 0 Å². The number of H-pyrrole nitrogens is 1. The third-order valence-corrected chi connectivity index (χ3v) is 4.82. The van der Waals surface area contributed by atoms with Gasteiger partial charge in [-0.15, -0.1) is 0 Å². The third kappa shape index (κ3) is 4.16. The summed E-state index contributed by atoms with van der Waals surface area (Å²) in [6.07, 6.45) is 8.95. The minimum atomic E-state index is 0.135. The normalized spacial score (nSPS) is 18.5. The number of aliphatic imine (C=N–C) groups is 2. The first-order valence-corrected chi connectivity index (χ1v) is 10.2. The monoisotopic (exact) mass is 390 g/mol. The molecule has 6 nitrogen and oxygen atoms in total. The van der Waals surface area contributed by atoms with Gasteiger partial charge >= 0.3 is 0 Å². The number of nitrogens with zero attached hydrogens (tertiary/aromatic N) is 4. The molecule has 1 aromatic carbocycles. The summed E-state index contributed by atoms with van der Waals surface area (Å²) in [4.78, 5) is 19.5. The lowest BCUT2D eigenvalue weighted by atomic mass is 10.0. The van der Waals surface area contributed by atoms with E-state index >= 15 is 0 Å². The molecule has 4 rings (SSSR count). The Kier molecular flexibility index (Phi) is 6.32. The molecule has 2 aromatic rings. The molecule has 2 heterocycles. The second-order valence-electron chi connectivity index (χ2n) is 6.86. The number of fused-ring (bicyclic) bond motifs is 2. The highest BCUT2D eigenvalue weighted by molar-refractivity contribution is 6.02. The minimum absolute atomic E-state index is 0.135. The van der Waals surface area contributed by atoms with Crippen LogP contribution < -0.4 is 10.2 Å². The van der Waals surface area contributed by atoms with Gasteiger partial charge in [-0.25, -0.2) is 4.98 Å². The lowest BCUT2D eigenvalue weighted by Crippen LogP contribution is -2.21. The summed E-state index contributed by atoms with van der Waals surface area (Å²) in [5.41, 5.74) is 6.23. The van der Waals surface area contributed by atoms with E-state index in [0.717, 1.165) is 51.8 Å². The van der Waals surface area contributed by atoms with Crippen LogP contribution in [0.25, 0.3) is 16.6 Å². The highest BCUT2D eigenvalue weighted by Crippen LogP contribution is 2.30. The van der Waals surface area contributed by atoms with Crippen molar-refractivity contribution >= 4 is 34.3 Å². The summed E-state index contributed by atoms with van der Waals surface area (Å²) in [7, 11) is 4.08. The zero-order chi connectivity index (χ0) is 21.0. The molecule has 1 aliphatic heterocycles. The van der Waals surface area contributed by atoms with Crippen LogP contribution in [0.3, 0.4) is 0 Å². The largest absolute Gasteiger partial charge is 0.378 e. The molecule has 0 saturated carbocycles. The first kappa shape index (κ1) is 20.6. The van der Waals surface area contributed by atoms with Gasteiger partial charge in [0.15, 0.2) is 5.84 Å². The maximum absolute atomic E-state index is 4.78. The van der Waals surface area contributed by atoms with E-state index < -0.39 is 0 Å². The maximum Gasteiger partial charge on any atom is 0.151 e. The van der Waals surface area contributed by atoms with Crippen molar-refractivity contribution in [3.63, 3.8) is 0 Å². The van der Waals surface area contributed by atoms with Crippen molar-refractivity contribution in [3.8, 4) is 0 Å². The molecule has 152 valence electrons. The molecule has 6 heteroatoms. The van der Waals surface area contributed by atoms with E-state index in [1.165, 1.54) is 0 Å². The number of aromatic amines is 1. The SMILES string of the molecule is CC.CC=N/C(=C\C)C1=NC2CC=C(c3nc4ccc(N(C)C)cc4[nH]3)C=C2N1. The molecule has 1 aromatic heterocycles. The second kappa shape index (κ2) is 8.90. The summed E-state index contributed by atoms with van der Waals surface area (Å²) in [5.74, 6) is 1.72. The standard InChI is InChI=1S/C21H24N6.C2H6/c1-5-15(22-6-2)21-24-16-9-7-13(11-18(16)26-21)20-23-17-10-8-14(27(3)4)12-19(17)25-20;1-2/h5-8,10-12,16H,9H2,1-4H3,(H,23,25)(H,24,26);1-2H3/b15-5-,22-6?;. The van der Waals surface area contributed by atoms with Gasteiger partial charge in [0, 0.05) is 37.3 Å². The van der Waals surface area contributed by atoms with Gasteiger partial charge in [-0.2, -0.15) is 0 Å². The van der Waals surface area contributed by atoms with Crippen molar-refractivity contribution < 1.29 is 0 Å². The Morgan fingerprint density at radius 3 is 2.72 bits per heavy atom. The van der Waals surface area contributed by atoms with Crippen LogP contribution in [0, 0.1) is 0 Å². The number of aromatic nitrogens is 2. The molecule has 0 amide bonds. The summed E-state index contributed by atoms with van der Waals surface area (Å²) >= 11 is 0. The third-order valence-electron chi connectivity index (χ3n) is 4.82. The first-order valence-electron chi connectivity index (χ1n) is 10.2. The fraction of sp³-hybridized carbons (Fsp3) is 0.348. The van der Waals surface area contributed by atoms with Crippen LogP contribution in [0.15, 0.2) is 57.8 Å². The number of allylic oxidation sites excluding steroid dienone is 3. The van der Waals surface area contributed by atoms with Crippen molar-refractivity contribution in [3.05, 3.63) is 53.6 Å². The van der Waals surface area contributed by atoms with E-state index in [-0.39, 0.29) is 6.04 Å². The number of anilines is 1. The minimum Gasteiger partial charge on any atom is -0.378 e. The fourth-order valence-corrected chi connectivity index (χ4v) is 3.37. The van der Waals surface area contributed by atoms with E-state index in [2.05, 4.69) is 50.5 Å². The molecule has 0 fully saturated rings. The van der Waals surface area contributed by atoms with Gasteiger partial charge in [0.2, 0.25) is 0 Å². The van der Waals surface area contributed by atoms with Crippen molar-refractivity contribution in [2.75, 3.05) is 19.0 Å². The summed E-state index contributed by atoms with van der Waals surface area (Å²) < 4.78 is 0. The van der Waals surface area contributed by atoms with Crippen molar-refractivity contribution in [2.45, 2.75) is 40.2 Å². The van der Waals surface area contributed by atoms with E-state index in [1.807, 2.05) is 47.9 Å². The predicted molar refractivity (Wildman–Crippen MR) is 125 cm³/mol. The Morgan fingerprint density at radius 2 is 2.03 bits per heavy atom. The fourth-order valence-electron chi connectivity index (χ4n) is 3.37. The lowest BCUT2D eigenvalue weighted by molar-refractivity contribution is 0.786. The van der Waals surface area contributed by atoms with E-state index in [1.54, 1.807) is 6.21 Å². The Morgan fingerprint density at radius 1 is 1.24 bits per heavy atom. The number of imidazole rings is 1. The zero-order valence-corrected chi connectivity index (χ0v) is 18.1. The number of hydrogen-bond donors (Lipinski definition) is 2. The summed E-state index contributed by atoms with van der Waals surface area (Å²) in [5, 5.41) is 3.43. The average Bonchev–Trinajstić information content (AvgIpc) is 3.36. The Balaban J connectivity index is 0.00000117. The highest BCUT2D eigenvalue weighted by atomic mass is 15.1. The highest BCUT2D eigenvalue weighted by Gasteiger charge is 2.27. The van der Waals surface area contributed by atoms with E-state index in [0.29, 0.717) is 0 Å². The van der Waals surface area contributed by atoms with Gasteiger partial charge in [0.25, 0.3) is 0 Å². The zero-order valence-electron chi connectivity index (χ0n) is 18.1. The molecule has 0 bridgehead atoms. The predicted octanol–water partition coefficient (Wildman–Crippen LogP) is 4.69. The van der Waals surface area contributed by atoms with Crippen LogP contribution in [0.2, 0.25) is 0 Å². The summed E-state index contributed by atoms with van der Waals surface area (Å²) in [6.45, 7) is 7.89. The van der Waals surface area contributed by atoms with Crippen LogP contribution >= 0.6 is 0 Å². The van der Waals surface area contributed by atoms with Crippen molar-refractivity contribution in [1.82, 2.24) is 15.3 Å². The quantitative estimate of drug-likeness (QED) is 0.744. The molecule has 2 aliphatic rings. The molecule has 1 aliphatic carbocycles. The van der Waals surface area contributed by atoms with Crippen LogP contribution in [0.4, 0.5) is 5.69 Å². The molecule has 0 radical (unpaired) electrons. The van der Waals surface area contributed by atoms with Gasteiger partial charge in [-0.3, -0.25) is 9.98 Å². The molecule has 0 saturated heterocycles. The molecule has 1 unspecified atom stereocenters. The molecular formula is C23H30N6. The molecule has 2 N–H and O–H groups in total. The molecule has 29 heavy (non-hydrogen) atoms. The maximum atomic E-state index is 4.78. The van der Waals surface area contributed by atoms with Crippen LogP contribution in [-0.4, -0.2) is 42.2 Å². The van der Waals surface area contributed by atoms with Crippen LogP contribution in [0.5, 0.6) is 0 Å². The Bertz CT molecular complexity index is 1030. The topological polar surface area (TPSA) is 68.7 Å². The van der Waals surface area contributed by atoms with Gasteiger partial charge in [-0.1, -0.05) is 26.0 Å². The first-order chi connectivity index (χ1) is 14.1. The Hall–Kier alpha value is -3.15. The van der Waals surface area contributed by atoms with Gasteiger partial charge in [0.1, 0.15) is 11.5 Å². The van der Waals surface area contributed by atoms with Crippen molar-refractivity contribution in [1.29, 1.82) is 0 Å². The molecular weight excluding hydrogens is 360 g/mol. The average molecular weight is 391 g/mol. The lowest BCUT2D eigenvalue weighted by Gasteiger charge is -2.14. The van der Waals surface area contributed by atoms with E-state index in [4.69, 9.17) is 9.98 Å². The smallest absolute Gasteiger partial charge is 0.151 e. The number of hydrogen-bond acceptors (Lipinski definition) is 5. The van der Waals surface area contributed by atoms with Crippen molar-refractivity contribution in [2.24, 2.45) is 9.98 Å². The summed E-state index contributed by atoms with van der Waals surface area (Å²) in [6, 6.07) is 6.40. The van der Waals surface area contributed by atoms with Crippen LogP contribution in [0.1, 0.15) is 39.9 Å². The number of amidine groups is 1. The van der Waals surface area contributed by atoms with Gasteiger partial charge < -0.3 is 15.2 Å². The molecule has 0 spiro atoms. The van der Waals surface area contributed by atoms with Gasteiger partial charge in [-0.05, 0) is 44.5 Å². The Labute approximate surface area is 172 Å².